The molecule has 2 nitrogen and oxygen atoms in total. The van der Waals surface area contributed by atoms with Gasteiger partial charge >= 0.3 is 0 Å². The Morgan fingerprint density at radius 2 is 0.941 bits per heavy atom. The monoisotopic (exact) mass is 444 g/mol. The van der Waals surface area contributed by atoms with Crippen molar-refractivity contribution in [1.29, 1.82) is 0 Å². The predicted molar refractivity (Wildman–Crippen MR) is 142 cm³/mol. The number of rotatable bonds is 6. The van der Waals surface area contributed by atoms with E-state index in [0.717, 1.165) is 0 Å². The number of aromatic amines is 2. The van der Waals surface area contributed by atoms with E-state index in [2.05, 4.69) is 134 Å². The van der Waals surface area contributed by atoms with Crippen molar-refractivity contribution in [2.24, 2.45) is 0 Å². The molecule has 0 saturated carbocycles. The van der Waals surface area contributed by atoms with E-state index in [4.69, 9.17) is 0 Å². The molecule has 170 valence electrons. The molecular weight excluding hydrogens is 412 g/mol. The predicted octanol–water partition coefficient (Wildman–Crippen LogP) is 8.00. The van der Waals surface area contributed by atoms with E-state index in [0.29, 0.717) is 0 Å². The lowest BCUT2D eigenvalue weighted by Crippen LogP contribution is -2.15. The van der Waals surface area contributed by atoms with Gasteiger partial charge in [0.05, 0.1) is 0 Å². The number of nitrogens with one attached hydrogen (secondary N) is 2. The van der Waals surface area contributed by atoms with Gasteiger partial charge in [-0.1, -0.05) is 99.6 Å². The summed E-state index contributed by atoms with van der Waals surface area (Å²) in [5.74, 6) is 0.273. The van der Waals surface area contributed by atoms with Crippen LogP contribution in [-0.4, -0.2) is 9.97 Å². The minimum atomic E-state index is 0.0265. The maximum Gasteiger partial charge on any atom is 0.0490 e. The molecule has 34 heavy (non-hydrogen) atoms. The first kappa shape index (κ1) is 22.0. The molecule has 2 N–H and O–H groups in total. The lowest BCUT2D eigenvalue weighted by molar-refractivity contribution is 0.587. The van der Waals surface area contributed by atoms with E-state index in [1.807, 2.05) is 12.4 Å². The molecular formula is C32H32N2. The van der Waals surface area contributed by atoms with E-state index >= 15 is 0 Å². The molecule has 2 heterocycles. The molecule has 2 atom stereocenters. The lowest BCUT2D eigenvalue weighted by atomic mass is 9.78. The van der Waals surface area contributed by atoms with Crippen LogP contribution >= 0.6 is 0 Å². The van der Waals surface area contributed by atoms with Crippen LogP contribution in [0.5, 0.6) is 0 Å². The first-order valence-corrected chi connectivity index (χ1v) is 12.0. The quantitative estimate of drug-likeness (QED) is 0.266. The number of H-pyrrole nitrogens is 2. The molecule has 0 fully saturated rings. The summed E-state index contributed by atoms with van der Waals surface area (Å²) in [5, 5.41) is 0. The maximum atomic E-state index is 3.49. The summed E-state index contributed by atoms with van der Waals surface area (Å²) >= 11 is 0. The largest absolute Gasteiger partial charge is 0.364 e. The minimum absolute atomic E-state index is 0.0265. The lowest BCUT2D eigenvalue weighted by Gasteiger charge is -2.27. The van der Waals surface area contributed by atoms with Gasteiger partial charge in [0, 0.05) is 35.6 Å². The van der Waals surface area contributed by atoms with Crippen LogP contribution in [0, 0.1) is 0 Å². The Kier molecular flexibility index (Phi) is 5.98. The number of hydrogen-bond acceptors (Lipinski definition) is 0. The van der Waals surface area contributed by atoms with E-state index in [1.165, 1.54) is 39.2 Å². The topological polar surface area (TPSA) is 31.6 Å². The third-order valence-electron chi connectivity index (χ3n) is 6.64. The van der Waals surface area contributed by atoms with Crippen LogP contribution < -0.4 is 0 Å². The van der Waals surface area contributed by atoms with E-state index in [9.17, 15) is 0 Å². The Morgan fingerprint density at radius 1 is 0.500 bits per heavy atom. The highest BCUT2D eigenvalue weighted by atomic mass is 14.7. The van der Waals surface area contributed by atoms with Crippen LogP contribution in [0.25, 0.3) is 0 Å². The second-order valence-corrected chi connectivity index (χ2v) is 10.1. The van der Waals surface area contributed by atoms with Crippen molar-refractivity contribution in [2.45, 2.75) is 38.0 Å². The van der Waals surface area contributed by atoms with Crippen molar-refractivity contribution < 1.29 is 0 Å². The molecule has 3 aromatic carbocycles. The van der Waals surface area contributed by atoms with Gasteiger partial charge in [0.25, 0.3) is 0 Å². The molecule has 0 aliphatic rings. The molecule has 2 unspecified atom stereocenters. The van der Waals surface area contributed by atoms with Crippen LogP contribution in [-0.2, 0) is 5.41 Å². The fourth-order valence-electron chi connectivity index (χ4n) is 4.88. The van der Waals surface area contributed by atoms with Crippen LogP contribution in [0.3, 0.4) is 0 Å². The van der Waals surface area contributed by atoms with Crippen molar-refractivity contribution in [3.05, 3.63) is 155 Å². The second-order valence-electron chi connectivity index (χ2n) is 10.1. The fourth-order valence-corrected chi connectivity index (χ4v) is 4.88. The van der Waals surface area contributed by atoms with Gasteiger partial charge in [-0.05, 0) is 57.5 Å². The molecule has 5 aromatic rings. The number of benzene rings is 3. The summed E-state index contributed by atoms with van der Waals surface area (Å²) in [5.41, 5.74) is 8.99. The fraction of sp³-hybridized carbons (Fsp3) is 0.188. The Bertz CT molecular complexity index is 1210. The van der Waals surface area contributed by atoms with Gasteiger partial charge in [0.15, 0.2) is 0 Å². The average molecular weight is 445 g/mol. The molecule has 0 saturated heterocycles. The minimum Gasteiger partial charge on any atom is -0.364 e. The summed E-state index contributed by atoms with van der Waals surface area (Å²) in [7, 11) is 0. The molecule has 0 radical (unpaired) electrons. The van der Waals surface area contributed by atoms with Gasteiger partial charge in [0.1, 0.15) is 0 Å². The molecule has 0 amide bonds. The molecule has 0 aliphatic heterocycles. The summed E-state index contributed by atoms with van der Waals surface area (Å²) in [4.78, 5) is 6.99. The van der Waals surface area contributed by atoms with Crippen molar-refractivity contribution in [2.75, 3.05) is 0 Å². The zero-order valence-electron chi connectivity index (χ0n) is 20.1. The van der Waals surface area contributed by atoms with Gasteiger partial charge in [0.2, 0.25) is 0 Å². The third-order valence-corrected chi connectivity index (χ3v) is 6.64. The maximum absolute atomic E-state index is 3.49. The second kappa shape index (κ2) is 9.23. The molecule has 2 aromatic heterocycles. The van der Waals surface area contributed by atoms with Gasteiger partial charge in [-0.3, -0.25) is 0 Å². The third kappa shape index (κ3) is 4.49. The van der Waals surface area contributed by atoms with Crippen molar-refractivity contribution in [1.82, 2.24) is 9.97 Å². The number of aromatic nitrogens is 2. The number of hydrogen-bond donors (Lipinski definition) is 2. The Hall–Kier alpha value is -3.78. The van der Waals surface area contributed by atoms with Crippen LogP contribution in [0.1, 0.15) is 71.8 Å². The standard InChI is InChI=1S/C32H32N2/c1-32(2,3)27-21-25(30(28-16-10-18-33-28)23-12-6-4-7-13-23)20-26(22-27)31(29-17-11-19-34-29)24-14-8-5-9-15-24/h4-22,30-31,33-34H,1-3H3. The Balaban J connectivity index is 1.75. The van der Waals surface area contributed by atoms with Gasteiger partial charge in [-0.2, -0.15) is 0 Å². The van der Waals surface area contributed by atoms with Gasteiger partial charge in [-0.25, -0.2) is 0 Å². The van der Waals surface area contributed by atoms with Crippen molar-refractivity contribution >= 4 is 0 Å². The van der Waals surface area contributed by atoms with Crippen LogP contribution in [0.15, 0.2) is 116 Å². The van der Waals surface area contributed by atoms with Crippen LogP contribution in [0.4, 0.5) is 0 Å². The zero-order valence-corrected chi connectivity index (χ0v) is 20.1. The van der Waals surface area contributed by atoms with E-state index in [-0.39, 0.29) is 17.3 Å². The smallest absolute Gasteiger partial charge is 0.0490 e. The van der Waals surface area contributed by atoms with Gasteiger partial charge < -0.3 is 9.97 Å². The Morgan fingerprint density at radius 3 is 1.29 bits per heavy atom. The summed E-state index contributed by atoms with van der Waals surface area (Å²) in [6, 6.07) is 37.4. The average Bonchev–Trinajstić information content (AvgIpc) is 3.56. The highest BCUT2D eigenvalue weighted by Crippen LogP contribution is 2.39. The molecule has 0 bridgehead atoms. The van der Waals surface area contributed by atoms with Crippen molar-refractivity contribution in [3.63, 3.8) is 0 Å². The highest BCUT2D eigenvalue weighted by Gasteiger charge is 2.25. The van der Waals surface area contributed by atoms with Crippen molar-refractivity contribution in [3.8, 4) is 0 Å². The molecule has 0 aliphatic carbocycles. The summed E-state index contributed by atoms with van der Waals surface area (Å²) < 4.78 is 0. The molecule has 5 rings (SSSR count). The van der Waals surface area contributed by atoms with Gasteiger partial charge in [-0.15, -0.1) is 0 Å². The molecule has 0 spiro atoms. The SMILES string of the molecule is CC(C)(C)c1cc(C(c2ccccc2)c2ccc[nH]2)cc(C(c2ccccc2)c2ccc[nH]2)c1. The van der Waals surface area contributed by atoms with Crippen LogP contribution in [0.2, 0.25) is 0 Å². The summed E-state index contributed by atoms with van der Waals surface area (Å²) in [6.07, 6.45) is 4.04. The Labute approximate surface area is 202 Å². The van der Waals surface area contributed by atoms with E-state index in [1.54, 1.807) is 0 Å². The highest BCUT2D eigenvalue weighted by molar-refractivity contribution is 5.49. The molecule has 2 heteroatoms. The summed E-state index contributed by atoms with van der Waals surface area (Å²) in [6.45, 7) is 6.90. The zero-order chi connectivity index (χ0) is 23.5. The normalized spacial score (nSPS) is 13.5. The first-order valence-electron chi connectivity index (χ1n) is 12.0. The first-order chi connectivity index (χ1) is 16.5. The van der Waals surface area contributed by atoms with E-state index < -0.39 is 0 Å².